The maximum Gasteiger partial charge on any atom is 0.282 e. The monoisotopic (exact) mass is 869 g/mol. The van der Waals surface area contributed by atoms with E-state index in [-0.39, 0.29) is 40.5 Å². The van der Waals surface area contributed by atoms with Crippen LogP contribution in [-0.2, 0) is 27.0 Å². The summed E-state index contributed by atoms with van der Waals surface area (Å²) in [5.41, 5.74) is 6.91. The van der Waals surface area contributed by atoms with E-state index in [1.165, 1.54) is 55.5 Å². The Morgan fingerprint density at radius 2 is 1.62 bits per heavy atom. The molecule has 13 heteroatoms. The van der Waals surface area contributed by atoms with Crippen LogP contribution in [0.25, 0.3) is 16.6 Å². The summed E-state index contributed by atoms with van der Waals surface area (Å²) in [7, 11) is 0. The first-order chi connectivity index (χ1) is 30.7. The van der Waals surface area contributed by atoms with Gasteiger partial charge in [0.2, 0.25) is 11.8 Å². The molecule has 1 saturated carbocycles. The molecule has 5 fully saturated rings. The van der Waals surface area contributed by atoms with Crippen molar-refractivity contribution in [2.45, 2.75) is 113 Å². The molecule has 1 N–H and O–H groups in total. The minimum Gasteiger partial charge on any atom is -0.492 e. The first-order valence-corrected chi connectivity index (χ1v) is 24.1. The normalized spacial score (nSPS) is 24.8. The van der Waals surface area contributed by atoms with E-state index in [0.717, 1.165) is 106 Å². The van der Waals surface area contributed by atoms with Crippen molar-refractivity contribution in [2.24, 2.45) is 5.92 Å². The summed E-state index contributed by atoms with van der Waals surface area (Å²) in [5, 5.41) is 3.38. The van der Waals surface area contributed by atoms with Gasteiger partial charge in [0.25, 0.3) is 11.5 Å². The van der Waals surface area contributed by atoms with Gasteiger partial charge in [-0.1, -0.05) is 43.0 Å². The van der Waals surface area contributed by atoms with Crippen LogP contribution in [0.1, 0.15) is 116 Å². The zero-order chi connectivity index (χ0) is 42.6. The van der Waals surface area contributed by atoms with Crippen LogP contribution in [-0.4, -0.2) is 106 Å². The van der Waals surface area contributed by atoms with Crippen molar-refractivity contribution < 1.29 is 19.1 Å². The zero-order valence-corrected chi connectivity index (χ0v) is 36.8. The summed E-state index contributed by atoms with van der Waals surface area (Å²) in [5.74, 6) is 1.66. The number of carbonyl (C=O) groups excluding carboxylic acids is 3. The molecule has 1 aromatic heterocycles. The number of ether oxygens (including phenoxy) is 1. The van der Waals surface area contributed by atoms with Gasteiger partial charge in [0, 0.05) is 59.9 Å². The lowest BCUT2D eigenvalue weighted by Crippen LogP contribution is -2.52. The van der Waals surface area contributed by atoms with Crippen LogP contribution in [0.5, 0.6) is 5.75 Å². The van der Waals surface area contributed by atoms with Gasteiger partial charge < -0.3 is 24.3 Å². The standard InChI is InChI=1S/C50H56ClN7O5/c51-38-5-4-6-40-43(38)46(61)53-48-50(17-2-1-3-18-50)37-27-33(7-10-39(37)58(40)48)55-23-13-31(14-24-55)28-54-21-15-32(16-22-54)56-25-19-49(20-26-56)30-63-44-35-29-57(41-11-12-42(59)52-45(41)60)47(62)34(35)8-9-36(44)49/h4-10,27,31-32,41H,1-3,11-26,28-30H2,(H,52,59,60)/t41-/m0/s1. The lowest BCUT2D eigenvalue weighted by Gasteiger charge is -2.45. The summed E-state index contributed by atoms with van der Waals surface area (Å²) in [6, 6.07) is 16.8. The van der Waals surface area contributed by atoms with Crippen LogP contribution in [0, 0.1) is 5.92 Å². The fourth-order valence-corrected chi connectivity index (χ4v) is 13.5. The van der Waals surface area contributed by atoms with Gasteiger partial charge in [-0.05, 0) is 132 Å². The first kappa shape index (κ1) is 39.8. The van der Waals surface area contributed by atoms with Gasteiger partial charge in [-0.3, -0.25) is 29.1 Å². The van der Waals surface area contributed by atoms with E-state index in [1.807, 2.05) is 18.2 Å². The third-order valence-electron chi connectivity index (χ3n) is 16.8. The molecule has 8 heterocycles. The summed E-state index contributed by atoms with van der Waals surface area (Å²) >= 11 is 6.59. The molecule has 4 saturated heterocycles. The average Bonchev–Trinajstić information content (AvgIpc) is 3.92. The van der Waals surface area contributed by atoms with E-state index in [2.05, 4.69) is 48.8 Å². The molecule has 63 heavy (non-hydrogen) atoms. The van der Waals surface area contributed by atoms with Crippen molar-refractivity contribution >= 4 is 45.9 Å². The molecule has 3 aromatic carbocycles. The lowest BCUT2D eigenvalue weighted by molar-refractivity contribution is -0.136. The van der Waals surface area contributed by atoms with Crippen molar-refractivity contribution in [3.63, 3.8) is 0 Å². The Hall–Kier alpha value is -4.78. The Kier molecular flexibility index (Phi) is 9.57. The van der Waals surface area contributed by atoms with Crippen LogP contribution >= 0.6 is 11.6 Å². The molecule has 2 spiro atoms. The molecule has 4 aromatic rings. The fraction of sp³-hybridized carbons (Fsp3) is 0.540. The fourth-order valence-electron chi connectivity index (χ4n) is 13.3. The number of hydrogen-bond acceptors (Lipinski definition) is 9. The molecule has 1 atom stereocenters. The molecule has 8 aliphatic rings. The SMILES string of the molecule is O=C1CC[C@H](N2Cc3c(ccc4c3OCC43CCN(C4CCN(CC5CCN(c6ccc7c(c6)C6(CCCCC6)c6nc(=O)c8c(Cl)cccc8n6-7)CC5)CC4)CC3)C2=O)C(=O)N1. The largest absolute Gasteiger partial charge is 0.492 e. The number of piperidine rings is 4. The zero-order valence-electron chi connectivity index (χ0n) is 36.0. The highest BCUT2D eigenvalue weighted by Crippen LogP contribution is 2.53. The second kappa shape index (κ2) is 15.2. The number of amides is 3. The number of halogens is 1. The summed E-state index contributed by atoms with van der Waals surface area (Å²) in [6.07, 6.45) is 13.1. The third-order valence-corrected chi connectivity index (χ3v) is 17.1. The Labute approximate surface area is 372 Å². The van der Waals surface area contributed by atoms with Crippen molar-refractivity contribution in [1.29, 1.82) is 0 Å². The van der Waals surface area contributed by atoms with E-state index >= 15 is 0 Å². The molecule has 1 aliphatic carbocycles. The van der Waals surface area contributed by atoms with Gasteiger partial charge in [0.15, 0.2) is 0 Å². The Balaban J connectivity index is 0.654. The minimum absolute atomic E-state index is 0.0365. The first-order valence-electron chi connectivity index (χ1n) is 23.7. The van der Waals surface area contributed by atoms with Crippen molar-refractivity contribution in [3.05, 3.63) is 92.0 Å². The summed E-state index contributed by atoms with van der Waals surface area (Å²) in [4.78, 5) is 65.7. The van der Waals surface area contributed by atoms with Crippen molar-refractivity contribution in [1.82, 2.24) is 29.6 Å². The lowest BCUT2D eigenvalue weighted by atomic mass is 9.69. The topological polar surface area (TPSA) is 120 Å². The van der Waals surface area contributed by atoms with Crippen LogP contribution in [0.15, 0.2) is 53.3 Å². The third kappa shape index (κ3) is 6.32. The number of hydrogen-bond donors (Lipinski definition) is 1. The molecule has 7 aliphatic heterocycles. The molecule has 0 unspecified atom stereocenters. The smallest absolute Gasteiger partial charge is 0.282 e. The molecule has 328 valence electrons. The van der Waals surface area contributed by atoms with Gasteiger partial charge in [-0.15, -0.1) is 0 Å². The number of likely N-dealkylation sites (tertiary alicyclic amines) is 2. The number of imide groups is 1. The summed E-state index contributed by atoms with van der Waals surface area (Å²) in [6.45, 7) is 8.74. The molecule has 3 amide bonds. The maximum absolute atomic E-state index is 13.4. The highest BCUT2D eigenvalue weighted by Gasteiger charge is 2.49. The number of fused-ring (bicyclic) bond motifs is 11. The number of rotatable bonds is 5. The number of aromatic nitrogens is 2. The average molecular weight is 870 g/mol. The second-order valence-corrected chi connectivity index (χ2v) is 20.4. The molecular weight excluding hydrogens is 814 g/mol. The maximum atomic E-state index is 13.4. The molecule has 0 radical (unpaired) electrons. The van der Waals surface area contributed by atoms with Gasteiger partial charge >= 0.3 is 0 Å². The van der Waals surface area contributed by atoms with Crippen LogP contribution < -0.4 is 20.5 Å². The van der Waals surface area contributed by atoms with Crippen LogP contribution in [0.3, 0.4) is 0 Å². The number of nitrogens with one attached hydrogen (secondary N) is 1. The van der Waals surface area contributed by atoms with Crippen molar-refractivity contribution in [2.75, 3.05) is 57.3 Å². The van der Waals surface area contributed by atoms with E-state index in [9.17, 15) is 19.2 Å². The van der Waals surface area contributed by atoms with Gasteiger partial charge in [0.1, 0.15) is 17.6 Å². The Morgan fingerprint density at radius 3 is 2.40 bits per heavy atom. The van der Waals surface area contributed by atoms with Crippen LogP contribution in [0.2, 0.25) is 5.02 Å². The van der Waals surface area contributed by atoms with Gasteiger partial charge in [0.05, 0.1) is 40.2 Å². The molecule has 0 bridgehead atoms. The van der Waals surface area contributed by atoms with Gasteiger partial charge in [-0.25, -0.2) is 0 Å². The van der Waals surface area contributed by atoms with E-state index in [1.54, 1.807) is 11.0 Å². The Morgan fingerprint density at radius 1 is 0.825 bits per heavy atom. The van der Waals surface area contributed by atoms with Crippen LogP contribution in [0.4, 0.5) is 5.69 Å². The van der Waals surface area contributed by atoms with E-state index in [4.69, 9.17) is 21.3 Å². The Bertz CT molecular complexity index is 2620. The highest BCUT2D eigenvalue weighted by molar-refractivity contribution is 6.35. The van der Waals surface area contributed by atoms with Gasteiger partial charge in [-0.2, -0.15) is 4.98 Å². The summed E-state index contributed by atoms with van der Waals surface area (Å²) < 4.78 is 8.70. The van der Waals surface area contributed by atoms with E-state index in [0.29, 0.717) is 47.5 Å². The molecule has 12 nitrogen and oxygen atoms in total. The number of anilines is 1. The predicted octanol–water partition coefficient (Wildman–Crippen LogP) is 6.47. The number of carbonyl (C=O) groups is 3. The second-order valence-electron chi connectivity index (χ2n) is 20.0. The highest BCUT2D eigenvalue weighted by atomic mass is 35.5. The quantitative estimate of drug-likeness (QED) is 0.225. The minimum atomic E-state index is -0.621. The number of nitrogens with zero attached hydrogens (tertiary/aromatic N) is 6. The number of benzene rings is 3. The molecular formula is C50H56ClN7O5. The molecule has 12 rings (SSSR count). The van der Waals surface area contributed by atoms with E-state index < -0.39 is 6.04 Å². The predicted molar refractivity (Wildman–Crippen MR) is 241 cm³/mol. The van der Waals surface area contributed by atoms with Crippen molar-refractivity contribution in [3.8, 4) is 11.4 Å².